The number of aryl methyl sites for hydroxylation is 1. The minimum Gasteiger partial charge on any atom is -0.341 e. The summed E-state index contributed by atoms with van der Waals surface area (Å²) < 4.78 is 27.7. The first kappa shape index (κ1) is 19.1. The van der Waals surface area contributed by atoms with Crippen molar-refractivity contribution in [1.29, 1.82) is 0 Å². The molecule has 1 saturated carbocycles. The first-order valence-electron chi connectivity index (χ1n) is 8.48. The number of rotatable bonds is 6. The molecule has 0 bridgehead atoms. The Hall–Kier alpha value is -1.25. The molecule has 0 saturated heterocycles. The predicted octanol–water partition coefficient (Wildman–Crippen LogP) is 2.01. The summed E-state index contributed by atoms with van der Waals surface area (Å²) in [4.78, 5) is 11.2. The van der Waals surface area contributed by atoms with Gasteiger partial charge in [0.25, 0.3) is 10.2 Å². The summed E-state index contributed by atoms with van der Waals surface area (Å²) in [5.74, 6) is 0.714. The molecule has 1 aliphatic rings. The van der Waals surface area contributed by atoms with Crippen molar-refractivity contribution in [1.82, 2.24) is 19.0 Å². The maximum atomic E-state index is 12.0. The topological polar surface area (TPSA) is 78.4 Å². The highest BCUT2D eigenvalue weighted by Gasteiger charge is 2.23. The monoisotopic (exact) mass is 355 g/mol. The van der Waals surface area contributed by atoms with Crippen LogP contribution in [-0.4, -0.2) is 49.9 Å². The zero-order chi connectivity index (χ0) is 17.9. The standard InChI is InChI=1S/C16H29N5O2S/c1-12-15(13(2)19-24(22,23)20(3)4)11-17-16(18-12)21(5)14-9-7-6-8-10-14/h11,13-14,19H,6-10H2,1-5H3/t13-/m0/s1. The van der Waals surface area contributed by atoms with Crippen molar-refractivity contribution in [3.63, 3.8) is 0 Å². The maximum absolute atomic E-state index is 12.0. The second-order valence-electron chi connectivity index (χ2n) is 6.74. The molecule has 7 nitrogen and oxygen atoms in total. The first-order chi connectivity index (χ1) is 11.2. The number of hydrogen-bond donors (Lipinski definition) is 1. The summed E-state index contributed by atoms with van der Waals surface area (Å²) in [5, 5.41) is 0. The fraction of sp³-hybridized carbons (Fsp3) is 0.750. The van der Waals surface area contributed by atoms with Crippen LogP contribution in [0.5, 0.6) is 0 Å². The van der Waals surface area contributed by atoms with Gasteiger partial charge in [0.15, 0.2) is 0 Å². The third-order valence-electron chi connectivity index (χ3n) is 4.72. The van der Waals surface area contributed by atoms with Crippen LogP contribution in [0.1, 0.15) is 56.3 Å². The van der Waals surface area contributed by atoms with E-state index in [4.69, 9.17) is 0 Å². The van der Waals surface area contributed by atoms with E-state index in [1.807, 2.05) is 14.0 Å². The normalized spacial score (nSPS) is 17.9. The first-order valence-corrected chi connectivity index (χ1v) is 9.92. The average molecular weight is 356 g/mol. The number of anilines is 1. The Bertz CT molecular complexity index is 656. The molecule has 1 aliphatic carbocycles. The molecule has 1 N–H and O–H groups in total. The van der Waals surface area contributed by atoms with Crippen molar-refractivity contribution < 1.29 is 8.42 Å². The third kappa shape index (κ3) is 4.43. The van der Waals surface area contributed by atoms with E-state index in [0.717, 1.165) is 15.6 Å². The van der Waals surface area contributed by atoms with E-state index in [1.54, 1.807) is 13.1 Å². The molecule has 1 aromatic rings. The zero-order valence-electron chi connectivity index (χ0n) is 15.3. The average Bonchev–Trinajstić information content (AvgIpc) is 2.54. The number of nitrogens with one attached hydrogen (secondary N) is 1. The van der Waals surface area contributed by atoms with E-state index in [-0.39, 0.29) is 6.04 Å². The fourth-order valence-corrected chi connectivity index (χ4v) is 3.87. The van der Waals surface area contributed by atoms with E-state index < -0.39 is 10.2 Å². The van der Waals surface area contributed by atoms with Crippen LogP contribution in [0.2, 0.25) is 0 Å². The molecule has 1 heterocycles. The van der Waals surface area contributed by atoms with Gasteiger partial charge in [0, 0.05) is 50.7 Å². The van der Waals surface area contributed by atoms with Crippen molar-refractivity contribution in [2.24, 2.45) is 0 Å². The van der Waals surface area contributed by atoms with Gasteiger partial charge in [0.2, 0.25) is 5.95 Å². The molecule has 136 valence electrons. The van der Waals surface area contributed by atoms with Gasteiger partial charge in [0.05, 0.1) is 0 Å². The van der Waals surface area contributed by atoms with Crippen LogP contribution >= 0.6 is 0 Å². The molecular formula is C16H29N5O2S. The Labute approximate surface area is 145 Å². The van der Waals surface area contributed by atoms with E-state index in [9.17, 15) is 8.42 Å². The lowest BCUT2D eigenvalue weighted by molar-refractivity contribution is 0.424. The van der Waals surface area contributed by atoms with Gasteiger partial charge < -0.3 is 4.90 Å². The van der Waals surface area contributed by atoms with Crippen molar-refractivity contribution >= 4 is 16.2 Å². The summed E-state index contributed by atoms with van der Waals surface area (Å²) in [6.07, 6.45) is 7.93. The van der Waals surface area contributed by atoms with Crippen LogP contribution in [0.25, 0.3) is 0 Å². The SMILES string of the molecule is Cc1nc(N(C)C2CCCCC2)ncc1[C@H](C)NS(=O)(=O)N(C)C. The van der Waals surface area contributed by atoms with Gasteiger partial charge in [-0.05, 0) is 26.7 Å². The molecule has 0 aromatic carbocycles. The number of hydrogen-bond acceptors (Lipinski definition) is 5. The van der Waals surface area contributed by atoms with Gasteiger partial charge >= 0.3 is 0 Å². The molecular weight excluding hydrogens is 326 g/mol. The largest absolute Gasteiger partial charge is 0.341 e. The highest BCUT2D eigenvalue weighted by atomic mass is 32.2. The lowest BCUT2D eigenvalue weighted by Crippen LogP contribution is -2.37. The Kier molecular flexibility index (Phi) is 6.17. The van der Waals surface area contributed by atoms with Crippen LogP contribution in [0, 0.1) is 6.92 Å². The molecule has 0 spiro atoms. The third-order valence-corrected chi connectivity index (χ3v) is 6.33. The summed E-state index contributed by atoms with van der Waals surface area (Å²) in [5.41, 5.74) is 1.60. The van der Waals surface area contributed by atoms with Crippen molar-refractivity contribution in [3.8, 4) is 0 Å². The molecule has 2 rings (SSSR count). The van der Waals surface area contributed by atoms with Crippen LogP contribution in [-0.2, 0) is 10.2 Å². The zero-order valence-corrected chi connectivity index (χ0v) is 16.1. The molecule has 0 aliphatic heterocycles. The van der Waals surface area contributed by atoms with Crippen molar-refractivity contribution in [3.05, 3.63) is 17.5 Å². The van der Waals surface area contributed by atoms with Crippen molar-refractivity contribution in [2.75, 3.05) is 26.0 Å². The molecule has 1 atom stereocenters. The van der Waals surface area contributed by atoms with Crippen LogP contribution in [0.15, 0.2) is 6.20 Å². The minimum absolute atomic E-state index is 0.383. The summed E-state index contributed by atoms with van der Waals surface area (Å²) in [7, 11) is 1.56. The number of nitrogens with zero attached hydrogens (tertiary/aromatic N) is 4. The van der Waals surface area contributed by atoms with Crippen LogP contribution in [0.4, 0.5) is 5.95 Å². The van der Waals surface area contributed by atoms with Crippen LogP contribution < -0.4 is 9.62 Å². The second-order valence-corrected chi connectivity index (χ2v) is 8.66. The van der Waals surface area contributed by atoms with Gasteiger partial charge in [-0.1, -0.05) is 19.3 Å². The van der Waals surface area contributed by atoms with Gasteiger partial charge in [-0.3, -0.25) is 0 Å². The quantitative estimate of drug-likeness (QED) is 0.844. The molecule has 0 amide bonds. The lowest BCUT2D eigenvalue weighted by Gasteiger charge is -2.31. The molecule has 0 unspecified atom stereocenters. The smallest absolute Gasteiger partial charge is 0.279 e. The minimum atomic E-state index is -3.49. The Balaban J connectivity index is 2.14. The van der Waals surface area contributed by atoms with Gasteiger partial charge in [-0.25, -0.2) is 9.97 Å². The lowest BCUT2D eigenvalue weighted by atomic mass is 9.95. The summed E-state index contributed by atoms with van der Waals surface area (Å²) in [6, 6.07) is 0.111. The Morgan fingerprint density at radius 3 is 2.38 bits per heavy atom. The molecule has 0 radical (unpaired) electrons. The second kappa shape index (κ2) is 7.76. The summed E-state index contributed by atoms with van der Waals surface area (Å²) in [6.45, 7) is 3.70. The van der Waals surface area contributed by atoms with Gasteiger partial charge in [-0.2, -0.15) is 17.4 Å². The maximum Gasteiger partial charge on any atom is 0.279 e. The van der Waals surface area contributed by atoms with E-state index >= 15 is 0 Å². The van der Waals surface area contributed by atoms with Crippen molar-refractivity contribution in [2.45, 2.75) is 58.0 Å². The highest BCUT2D eigenvalue weighted by molar-refractivity contribution is 7.87. The molecule has 24 heavy (non-hydrogen) atoms. The van der Waals surface area contributed by atoms with E-state index in [1.165, 1.54) is 46.2 Å². The highest BCUT2D eigenvalue weighted by Crippen LogP contribution is 2.25. The molecule has 8 heteroatoms. The van der Waals surface area contributed by atoms with E-state index in [0.29, 0.717) is 12.0 Å². The van der Waals surface area contributed by atoms with Gasteiger partial charge in [-0.15, -0.1) is 0 Å². The predicted molar refractivity (Wildman–Crippen MR) is 96.2 cm³/mol. The Morgan fingerprint density at radius 1 is 1.21 bits per heavy atom. The van der Waals surface area contributed by atoms with Crippen LogP contribution in [0.3, 0.4) is 0 Å². The number of aromatic nitrogens is 2. The molecule has 1 fully saturated rings. The van der Waals surface area contributed by atoms with E-state index in [2.05, 4.69) is 19.6 Å². The molecule has 1 aromatic heterocycles. The van der Waals surface area contributed by atoms with Gasteiger partial charge in [0.1, 0.15) is 0 Å². The summed E-state index contributed by atoms with van der Waals surface area (Å²) >= 11 is 0. The Morgan fingerprint density at radius 2 is 1.83 bits per heavy atom. The fourth-order valence-electron chi connectivity index (χ4n) is 3.08.